The molecule has 1 atom stereocenters. The second-order valence-corrected chi connectivity index (χ2v) is 4.60. The van der Waals surface area contributed by atoms with Gasteiger partial charge in [0.1, 0.15) is 6.07 Å². The van der Waals surface area contributed by atoms with Crippen molar-refractivity contribution in [1.29, 1.82) is 5.26 Å². The standard InChI is InChI=1S/C12H20N2O2S/c1-4-6-14-11(9(5-2)8-17-3)10(7-13)12(15)16/h9,14H,4-6,8H2,1-3H3,(H,15,16)/b11-10-. The summed E-state index contributed by atoms with van der Waals surface area (Å²) >= 11 is 1.66. The largest absolute Gasteiger partial charge is 0.477 e. The first-order valence-corrected chi connectivity index (χ1v) is 7.12. The summed E-state index contributed by atoms with van der Waals surface area (Å²) in [5.74, 6) is -0.228. The zero-order chi connectivity index (χ0) is 13.3. The van der Waals surface area contributed by atoms with Gasteiger partial charge in [0.2, 0.25) is 0 Å². The summed E-state index contributed by atoms with van der Waals surface area (Å²) in [7, 11) is 0. The van der Waals surface area contributed by atoms with Crippen LogP contribution >= 0.6 is 11.8 Å². The molecule has 96 valence electrons. The van der Waals surface area contributed by atoms with Crippen molar-refractivity contribution in [3.05, 3.63) is 11.3 Å². The molecular weight excluding hydrogens is 236 g/mol. The molecule has 1 unspecified atom stereocenters. The van der Waals surface area contributed by atoms with Gasteiger partial charge in [0, 0.05) is 23.9 Å². The van der Waals surface area contributed by atoms with Crippen LogP contribution in [0.5, 0.6) is 0 Å². The van der Waals surface area contributed by atoms with Crippen LogP contribution in [0.1, 0.15) is 26.7 Å². The molecular formula is C12H20N2O2S. The maximum Gasteiger partial charge on any atom is 0.348 e. The van der Waals surface area contributed by atoms with E-state index in [0.29, 0.717) is 12.2 Å². The quantitative estimate of drug-likeness (QED) is 0.514. The van der Waals surface area contributed by atoms with Crippen LogP contribution in [0.15, 0.2) is 11.3 Å². The second kappa shape index (κ2) is 8.94. The molecule has 0 rings (SSSR count). The van der Waals surface area contributed by atoms with Gasteiger partial charge in [0.25, 0.3) is 0 Å². The Labute approximate surface area is 107 Å². The SMILES string of the molecule is CCCN/C(=C(/C#N)C(=O)O)C(CC)CSC. The van der Waals surface area contributed by atoms with Crippen molar-refractivity contribution in [2.45, 2.75) is 26.7 Å². The number of hydrogen-bond acceptors (Lipinski definition) is 4. The monoisotopic (exact) mass is 256 g/mol. The molecule has 0 heterocycles. The number of thioether (sulfide) groups is 1. The van der Waals surface area contributed by atoms with E-state index >= 15 is 0 Å². The molecule has 0 aliphatic carbocycles. The van der Waals surface area contributed by atoms with Gasteiger partial charge in [-0.2, -0.15) is 17.0 Å². The molecule has 0 aromatic heterocycles. The van der Waals surface area contributed by atoms with Gasteiger partial charge in [-0.3, -0.25) is 0 Å². The van der Waals surface area contributed by atoms with Gasteiger partial charge in [-0.05, 0) is 19.1 Å². The molecule has 0 bridgehead atoms. The normalized spacial score (nSPS) is 13.5. The highest BCUT2D eigenvalue weighted by Crippen LogP contribution is 2.20. The van der Waals surface area contributed by atoms with Gasteiger partial charge in [0.15, 0.2) is 5.57 Å². The molecule has 17 heavy (non-hydrogen) atoms. The average molecular weight is 256 g/mol. The molecule has 5 heteroatoms. The number of carboxylic acid groups (broad SMARTS) is 1. The minimum Gasteiger partial charge on any atom is -0.477 e. The Bertz CT molecular complexity index is 321. The van der Waals surface area contributed by atoms with Crippen molar-refractivity contribution in [3.63, 3.8) is 0 Å². The fourth-order valence-corrected chi connectivity index (χ4v) is 2.33. The third-order valence-electron chi connectivity index (χ3n) is 2.43. The van der Waals surface area contributed by atoms with E-state index in [4.69, 9.17) is 10.4 Å². The molecule has 0 aliphatic heterocycles. The lowest BCUT2D eigenvalue weighted by molar-refractivity contribution is -0.132. The van der Waals surface area contributed by atoms with Crippen molar-refractivity contribution >= 4 is 17.7 Å². The summed E-state index contributed by atoms with van der Waals surface area (Å²) in [5, 5.41) is 21.1. The molecule has 0 aliphatic rings. The lowest BCUT2D eigenvalue weighted by Gasteiger charge is -2.20. The zero-order valence-electron chi connectivity index (χ0n) is 10.6. The van der Waals surface area contributed by atoms with Crippen LogP contribution in [0.4, 0.5) is 0 Å². The van der Waals surface area contributed by atoms with Gasteiger partial charge >= 0.3 is 5.97 Å². The highest BCUT2D eigenvalue weighted by molar-refractivity contribution is 7.98. The molecule has 0 saturated carbocycles. The predicted octanol–water partition coefficient (Wildman–Crippen LogP) is 2.24. The summed E-state index contributed by atoms with van der Waals surface area (Å²) < 4.78 is 0. The molecule has 2 N–H and O–H groups in total. The topological polar surface area (TPSA) is 73.1 Å². The summed E-state index contributed by atoms with van der Waals surface area (Å²) in [6, 6.07) is 1.79. The third-order valence-corrected chi connectivity index (χ3v) is 3.17. The molecule has 0 aromatic rings. The molecule has 0 saturated heterocycles. The van der Waals surface area contributed by atoms with Crippen molar-refractivity contribution in [3.8, 4) is 6.07 Å². The van der Waals surface area contributed by atoms with Crippen molar-refractivity contribution in [2.24, 2.45) is 5.92 Å². The Kier molecular flexibility index (Phi) is 8.34. The van der Waals surface area contributed by atoms with Gasteiger partial charge in [-0.1, -0.05) is 13.8 Å². The maximum atomic E-state index is 11.0. The summed E-state index contributed by atoms with van der Waals surface area (Å²) in [5.41, 5.74) is 0.429. The fraction of sp³-hybridized carbons (Fsp3) is 0.667. The second-order valence-electron chi connectivity index (χ2n) is 3.69. The van der Waals surface area contributed by atoms with Crippen LogP contribution < -0.4 is 5.32 Å². The number of nitriles is 1. The van der Waals surface area contributed by atoms with Crippen molar-refractivity contribution in [2.75, 3.05) is 18.6 Å². The maximum absolute atomic E-state index is 11.0. The minimum atomic E-state index is -1.15. The van der Waals surface area contributed by atoms with Gasteiger partial charge in [-0.25, -0.2) is 4.79 Å². The number of rotatable bonds is 8. The first-order valence-electron chi connectivity index (χ1n) is 5.72. The Morgan fingerprint density at radius 3 is 2.53 bits per heavy atom. The first kappa shape index (κ1) is 15.9. The minimum absolute atomic E-state index is 0.0994. The van der Waals surface area contributed by atoms with E-state index < -0.39 is 5.97 Å². The first-order chi connectivity index (χ1) is 8.12. The molecule has 0 radical (unpaired) electrons. The van der Waals surface area contributed by atoms with Gasteiger partial charge in [0.05, 0.1) is 0 Å². The third kappa shape index (κ3) is 5.14. The van der Waals surface area contributed by atoms with Crippen LogP contribution in [0.25, 0.3) is 0 Å². The van der Waals surface area contributed by atoms with E-state index in [2.05, 4.69) is 5.32 Å². The number of allylic oxidation sites excluding steroid dienone is 1. The zero-order valence-corrected chi connectivity index (χ0v) is 11.4. The van der Waals surface area contributed by atoms with E-state index in [1.807, 2.05) is 20.1 Å². The number of carboxylic acids is 1. The van der Waals surface area contributed by atoms with Crippen molar-refractivity contribution in [1.82, 2.24) is 5.32 Å². The summed E-state index contributed by atoms with van der Waals surface area (Å²) in [6.07, 6.45) is 3.70. The fourth-order valence-electron chi connectivity index (χ4n) is 1.53. The van der Waals surface area contributed by atoms with E-state index in [1.54, 1.807) is 17.8 Å². The van der Waals surface area contributed by atoms with Gasteiger partial charge in [-0.15, -0.1) is 0 Å². The molecule has 0 fully saturated rings. The Morgan fingerprint density at radius 2 is 2.18 bits per heavy atom. The highest BCUT2D eigenvalue weighted by Gasteiger charge is 2.20. The van der Waals surface area contributed by atoms with E-state index in [1.165, 1.54) is 0 Å². The van der Waals surface area contributed by atoms with Crippen molar-refractivity contribution < 1.29 is 9.90 Å². The molecule has 0 spiro atoms. The van der Waals surface area contributed by atoms with E-state index in [-0.39, 0.29) is 11.5 Å². The molecule has 0 amide bonds. The smallest absolute Gasteiger partial charge is 0.348 e. The number of aliphatic carboxylic acids is 1. The summed E-state index contributed by atoms with van der Waals surface area (Å²) in [4.78, 5) is 11.0. The summed E-state index contributed by atoms with van der Waals surface area (Å²) in [6.45, 7) is 4.71. The van der Waals surface area contributed by atoms with Crippen LogP contribution in [0, 0.1) is 17.2 Å². The van der Waals surface area contributed by atoms with Crippen LogP contribution in [-0.2, 0) is 4.79 Å². The predicted molar refractivity (Wildman–Crippen MR) is 70.7 cm³/mol. The van der Waals surface area contributed by atoms with E-state index in [9.17, 15) is 4.79 Å². The molecule has 4 nitrogen and oxygen atoms in total. The van der Waals surface area contributed by atoms with Gasteiger partial charge < -0.3 is 10.4 Å². The van der Waals surface area contributed by atoms with Crippen LogP contribution in [-0.4, -0.2) is 29.6 Å². The highest BCUT2D eigenvalue weighted by atomic mass is 32.2. The number of hydrogen-bond donors (Lipinski definition) is 2. The number of carbonyl (C=O) groups is 1. The van der Waals surface area contributed by atoms with Crippen LogP contribution in [0.2, 0.25) is 0 Å². The van der Waals surface area contributed by atoms with E-state index in [0.717, 1.165) is 18.6 Å². The Morgan fingerprint density at radius 1 is 1.53 bits per heavy atom. The molecule has 0 aromatic carbocycles. The lowest BCUT2D eigenvalue weighted by atomic mass is 10.00. The Hall–Kier alpha value is -1.15. The Balaban J connectivity index is 5.21. The average Bonchev–Trinajstić information content (AvgIpc) is 2.31. The lowest BCUT2D eigenvalue weighted by Crippen LogP contribution is -2.26. The number of nitrogens with zero attached hydrogens (tertiary/aromatic N) is 1. The number of nitrogens with one attached hydrogen (secondary N) is 1. The van der Waals surface area contributed by atoms with Crippen LogP contribution in [0.3, 0.4) is 0 Å².